The van der Waals surface area contributed by atoms with E-state index in [1.165, 1.54) is 18.4 Å². The Morgan fingerprint density at radius 1 is 1.50 bits per heavy atom. The minimum atomic E-state index is 0.170. The summed E-state index contributed by atoms with van der Waals surface area (Å²) in [5.41, 5.74) is 1.42. The molecule has 1 aromatic carbocycles. The van der Waals surface area contributed by atoms with Gasteiger partial charge in [-0.25, -0.2) is 0 Å². The molecule has 18 heavy (non-hydrogen) atoms. The van der Waals surface area contributed by atoms with E-state index in [2.05, 4.69) is 25.2 Å². The van der Waals surface area contributed by atoms with Crippen LogP contribution in [-0.2, 0) is 5.41 Å². The average molecular weight is 268 g/mol. The molecule has 1 fully saturated rings. The summed E-state index contributed by atoms with van der Waals surface area (Å²) in [5.74, 6) is 0.957. The summed E-state index contributed by atoms with van der Waals surface area (Å²) in [6.07, 6.45) is 3.55. The van der Waals surface area contributed by atoms with E-state index in [4.69, 9.17) is 16.3 Å². The molecule has 3 heteroatoms. The van der Waals surface area contributed by atoms with E-state index in [1.54, 1.807) is 7.11 Å². The molecule has 100 valence electrons. The van der Waals surface area contributed by atoms with Gasteiger partial charge in [-0.1, -0.05) is 25.4 Å². The molecular weight excluding hydrogens is 246 g/mol. The van der Waals surface area contributed by atoms with Gasteiger partial charge in [0, 0.05) is 16.6 Å². The normalized spacial score (nSPS) is 27.4. The second kappa shape index (κ2) is 5.50. The highest BCUT2D eigenvalue weighted by molar-refractivity contribution is 6.30. The Labute approximate surface area is 115 Å². The summed E-state index contributed by atoms with van der Waals surface area (Å²) in [6.45, 7) is 5.52. The SMILES string of the molecule is CCNC1CCC(C)(c2cc(Cl)ccc2OC)C1. The number of halogens is 1. The van der Waals surface area contributed by atoms with Crippen molar-refractivity contribution in [2.75, 3.05) is 13.7 Å². The maximum Gasteiger partial charge on any atom is 0.122 e. The molecule has 1 N–H and O–H groups in total. The highest BCUT2D eigenvalue weighted by Crippen LogP contribution is 2.45. The molecule has 0 saturated heterocycles. The van der Waals surface area contributed by atoms with Gasteiger partial charge in [-0.05, 0) is 49.4 Å². The fraction of sp³-hybridized carbons (Fsp3) is 0.600. The lowest BCUT2D eigenvalue weighted by Gasteiger charge is -2.27. The lowest BCUT2D eigenvalue weighted by Crippen LogP contribution is -2.28. The molecule has 2 unspecified atom stereocenters. The van der Waals surface area contributed by atoms with Crippen LogP contribution in [0.3, 0.4) is 0 Å². The minimum Gasteiger partial charge on any atom is -0.496 e. The van der Waals surface area contributed by atoms with E-state index in [0.717, 1.165) is 23.7 Å². The molecule has 1 aliphatic rings. The molecule has 0 aliphatic heterocycles. The Balaban J connectivity index is 2.28. The van der Waals surface area contributed by atoms with Gasteiger partial charge in [0.2, 0.25) is 0 Å². The summed E-state index contributed by atoms with van der Waals surface area (Å²) in [7, 11) is 1.73. The Morgan fingerprint density at radius 3 is 2.94 bits per heavy atom. The van der Waals surface area contributed by atoms with Crippen LogP contribution in [0.1, 0.15) is 38.7 Å². The highest BCUT2D eigenvalue weighted by atomic mass is 35.5. The predicted octanol–water partition coefficient (Wildman–Crippen LogP) is 3.77. The average Bonchev–Trinajstić information content (AvgIpc) is 2.73. The maximum atomic E-state index is 6.14. The Hall–Kier alpha value is -0.730. The Morgan fingerprint density at radius 2 is 2.28 bits per heavy atom. The van der Waals surface area contributed by atoms with Crippen molar-refractivity contribution in [3.05, 3.63) is 28.8 Å². The number of hydrogen-bond acceptors (Lipinski definition) is 2. The zero-order chi connectivity index (χ0) is 13.2. The van der Waals surface area contributed by atoms with Gasteiger partial charge < -0.3 is 10.1 Å². The molecule has 2 rings (SSSR count). The number of benzene rings is 1. The first-order valence-electron chi connectivity index (χ1n) is 6.66. The van der Waals surface area contributed by atoms with Gasteiger partial charge >= 0.3 is 0 Å². The predicted molar refractivity (Wildman–Crippen MR) is 76.7 cm³/mol. The van der Waals surface area contributed by atoms with Gasteiger partial charge in [0.15, 0.2) is 0 Å². The molecule has 0 amide bonds. The minimum absolute atomic E-state index is 0.170. The van der Waals surface area contributed by atoms with Crippen LogP contribution in [0, 0.1) is 0 Å². The highest BCUT2D eigenvalue weighted by Gasteiger charge is 2.38. The lowest BCUT2D eigenvalue weighted by molar-refractivity contribution is 0.382. The third kappa shape index (κ3) is 2.65. The number of rotatable bonds is 4. The van der Waals surface area contributed by atoms with Gasteiger partial charge in [-0.3, -0.25) is 0 Å². The topological polar surface area (TPSA) is 21.3 Å². The molecule has 1 aromatic rings. The molecule has 0 spiro atoms. The van der Waals surface area contributed by atoms with Gasteiger partial charge in [-0.15, -0.1) is 0 Å². The molecule has 2 nitrogen and oxygen atoms in total. The van der Waals surface area contributed by atoms with Gasteiger partial charge in [0.1, 0.15) is 5.75 Å². The second-order valence-electron chi connectivity index (χ2n) is 5.40. The van der Waals surface area contributed by atoms with E-state index >= 15 is 0 Å². The Kier molecular flexibility index (Phi) is 4.18. The van der Waals surface area contributed by atoms with Crippen LogP contribution in [0.5, 0.6) is 5.75 Å². The van der Waals surface area contributed by atoms with E-state index in [-0.39, 0.29) is 5.41 Å². The molecule has 0 radical (unpaired) electrons. The van der Waals surface area contributed by atoms with Crippen molar-refractivity contribution in [1.29, 1.82) is 0 Å². The summed E-state index contributed by atoms with van der Waals surface area (Å²) >= 11 is 6.14. The third-order valence-electron chi connectivity index (χ3n) is 4.05. The van der Waals surface area contributed by atoms with Crippen molar-refractivity contribution in [1.82, 2.24) is 5.32 Å². The van der Waals surface area contributed by atoms with Gasteiger partial charge in [0.25, 0.3) is 0 Å². The van der Waals surface area contributed by atoms with Gasteiger partial charge in [0.05, 0.1) is 7.11 Å². The molecule has 1 aliphatic carbocycles. The number of ether oxygens (including phenoxy) is 1. The molecule has 1 saturated carbocycles. The van der Waals surface area contributed by atoms with E-state index in [1.807, 2.05) is 12.1 Å². The summed E-state index contributed by atoms with van der Waals surface area (Å²) in [6, 6.07) is 6.55. The van der Waals surface area contributed by atoms with Crippen LogP contribution in [0.15, 0.2) is 18.2 Å². The fourth-order valence-corrected chi connectivity index (χ4v) is 3.27. The first-order valence-corrected chi connectivity index (χ1v) is 7.04. The number of hydrogen-bond donors (Lipinski definition) is 1. The van der Waals surface area contributed by atoms with Crippen molar-refractivity contribution < 1.29 is 4.74 Å². The Bertz CT molecular complexity index is 421. The largest absolute Gasteiger partial charge is 0.496 e. The standard InChI is InChI=1S/C15H22ClNO/c1-4-17-12-7-8-15(2,10-12)13-9-11(16)5-6-14(13)18-3/h5-6,9,12,17H,4,7-8,10H2,1-3H3. The van der Waals surface area contributed by atoms with Crippen LogP contribution in [0.4, 0.5) is 0 Å². The second-order valence-corrected chi connectivity index (χ2v) is 5.84. The first kappa shape index (κ1) is 13.7. The van der Waals surface area contributed by atoms with Crippen molar-refractivity contribution in [3.8, 4) is 5.75 Å². The van der Waals surface area contributed by atoms with E-state index < -0.39 is 0 Å². The summed E-state index contributed by atoms with van der Waals surface area (Å²) in [5, 5.41) is 4.34. The van der Waals surface area contributed by atoms with Crippen LogP contribution in [-0.4, -0.2) is 19.7 Å². The quantitative estimate of drug-likeness (QED) is 0.897. The van der Waals surface area contributed by atoms with Crippen molar-refractivity contribution in [2.24, 2.45) is 0 Å². The molecule has 0 aromatic heterocycles. The maximum absolute atomic E-state index is 6.14. The number of nitrogens with one attached hydrogen (secondary N) is 1. The zero-order valence-corrected chi connectivity index (χ0v) is 12.2. The third-order valence-corrected chi connectivity index (χ3v) is 4.28. The van der Waals surface area contributed by atoms with Crippen LogP contribution < -0.4 is 10.1 Å². The lowest BCUT2D eigenvalue weighted by atomic mass is 9.80. The fourth-order valence-electron chi connectivity index (χ4n) is 3.10. The first-order chi connectivity index (χ1) is 8.59. The summed E-state index contributed by atoms with van der Waals surface area (Å²) < 4.78 is 5.49. The van der Waals surface area contributed by atoms with Gasteiger partial charge in [-0.2, -0.15) is 0 Å². The van der Waals surface area contributed by atoms with Crippen molar-refractivity contribution in [2.45, 2.75) is 44.6 Å². The number of methoxy groups -OCH3 is 1. The smallest absolute Gasteiger partial charge is 0.122 e. The van der Waals surface area contributed by atoms with Crippen molar-refractivity contribution >= 4 is 11.6 Å². The van der Waals surface area contributed by atoms with E-state index in [9.17, 15) is 0 Å². The zero-order valence-electron chi connectivity index (χ0n) is 11.4. The molecule has 0 bridgehead atoms. The molecule has 0 heterocycles. The monoisotopic (exact) mass is 267 g/mol. The van der Waals surface area contributed by atoms with Crippen LogP contribution >= 0.6 is 11.6 Å². The molecular formula is C15H22ClNO. The van der Waals surface area contributed by atoms with Crippen molar-refractivity contribution in [3.63, 3.8) is 0 Å². The summed E-state index contributed by atoms with van der Waals surface area (Å²) in [4.78, 5) is 0. The van der Waals surface area contributed by atoms with Crippen LogP contribution in [0.2, 0.25) is 5.02 Å². The van der Waals surface area contributed by atoms with Crippen LogP contribution in [0.25, 0.3) is 0 Å². The molecule has 2 atom stereocenters. The van der Waals surface area contributed by atoms with E-state index in [0.29, 0.717) is 6.04 Å².